The molecule has 0 N–H and O–H groups in total. The molecule has 3 aliphatic rings. The molecule has 1 saturated heterocycles. The van der Waals surface area contributed by atoms with E-state index in [-0.39, 0.29) is 12.4 Å². The minimum absolute atomic E-state index is 0. The second kappa shape index (κ2) is 6.18. The fourth-order valence-corrected chi connectivity index (χ4v) is 5.63. The van der Waals surface area contributed by atoms with Gasteiger partial charge in [0.1, 0.15) is 0 Å². The predicted molar refractivity (Wildman–Crippen MR) is 95.2 cm³/mol. The van der Waals surface area contributed by atoms with Gasteiger partial charge >= 0.3 is 0 Å². The van der Waals surface area contributed by atoms with Gasteiger partial charge in [0.2, 0.25) is 0 Å². The van der Waals surface area contributed by atoms with E-state index in [1.807, 2.05) is 0 Å². The first-order valence-corrected chi connectivity index (χ1v) is 8.66. The topological polar surface area (TPSA) is 21.7 Å². The van der Waals surface area contributed by atoms with Crippen LogP contribution in [0.2, 0.25) is 0 Å². The van der Waals surface area contributed by atoms with E-state index in [1.54, 1.807) is 14.2 Å². The molecule has 1 saturated carbocycles. The number of likely N-dealkylation sites (tertiary alicyclic amines) is 1. The summed E-state index contributed by atoms with van der Waals surface area (Å²) in [6.07, 6.45) is 7.86. The van der Waals surface area contributed by atoms with Crippen molar-refractivity contribution in [3.05, 3.63) is 23.3 Å². The predicted octanol–water partition coefficient (Wildman–Crippen LogP) is 3.81. The lowest BCUT2D eigenvalue weighted by Gasteiger charge is -2.58. The summed E-state index contributed by atoms with van der Waals surface area (Å²) in [7, 11) is 5.86. The van der Waals surface area contributed by atoms with Crippen LogP contribution < -0.4 is 9.47 Å². The van der Waals surface area contributed by atoms with Crippen molar-refractivity contribution < 1.29 is 9.47 Å². The summed E-state index contributed by atoms with van der Waals surface area (Å²) in [5.41, 5.74) is 3.30. The van der Waals surface area contributed by atoms with Crippen molar-refractivity contribution in [1.82, 2.24) is 4.90 Å². The first-order valence-electron chi connectivity index (χ1n) is 8.66. The van der Waals surface area contributed by atoms with Crippen molar-refractivity contribution in [2.75, 3.05) is 27.8 Å². The largest absolute Gasteiger partial charge is 0.493 e. The number of halogens is 1. The molecule has 0 aromatic heterocycles. The molecule has 0 amide bonds. The highest BCUT2D eigenvalue weighted by atomic mass is 35.5. The number of hydrogen-bond acceptors (Lipinski definition) is 3. The number of hydrogen-bond donors (Lipinski definition) is 0. The third-order valence-electron chi connectivity index (χ3n) is 6.60. The maximum atomic E-state index is 5.86. The molecule has 1 aliphatic heterocycles. The Morgan fingerprint density at radius 2 is 1.96 bits per heavy atom. The normalized spacial score (nSPS) is 32.3. The number of ether oxygens (including phenoxy) is 2. The number of piperidine rings is 1. The van der Waals surface area contributed by atoms with Crippen LogP contribution >= 0.6 is 12.4 Å². The molecule has 0 spiro atoms. The molecule has 2 fully saturated rings. The van der Waals surface area contributed by atoms with Crippen molar-refractivity contribution in [1.29, 1.82) is 0 Å². The highest BCUT2D eigenvalue weighted by Gasteiger charge is 2.54. The van der Waals surface area contributed by atoms with E-state index in [1.165, 1.54) is 56.2 Å². The molecule has 0 unspecified atom stereocenters. The Bertz CT molecular complexity index is 591. The molecule has 1 aromatic carbocycles. The standard InChI is InChI=1S/C19H27NO2.ClH/c1-20-11-10-19-9-5-4-6-14(19)15(20)12-13-7-8-16(21-2)18(22-3)17(13)19;/h7-8,14-15H,4-6,9-12H2,1-3H3;1H/t14-,15-,19-;/m1./s1. The lowest BCUT2D eigenvalue weighted by atomic mass is 9.52. The van der Waals surface area contributed by atoms with Gasteiger partial charge in [-0.2, -0.15) is 0 Å². The van der Waals surface area contributed by atoms with E-state index < -0.39 is 0 Å². The maximum absolute atomic E-state index is 5.86. The molecule has 1 aromatic rings. The average Bonchev–Trinajstić information content (AvgIpc) is 2.57. The Hall–Kier alpha value is -0.930. The van der Waals surface area contributed by atoms with Gasteiger partial charge in [0.25, 0.3) is 0 Å². The van der Waals surface area contributed by atoms with Crippen LogP contribution in [0.25, 0.3) is 0 Å². The fraction of sp³-hybridized carbons (Fsp3) is 0.684. The molecule has 23 heavy (non-hydrogen) atoms. The summed E-state index contributed by atoms with van der Waals surface area (Å²) in [6.45, 7) is 1.21. The third-order valence-corrected chi connectivity index (χ3v) is 6.60. The zero-order chi connectivity index (χ0) is 15.3. The number of fused-ring (bicyclic) bond motifs is 1. The molecule has 3 nitrogen and oxygen atoms in total. The molecule has 2 bridgehead atoms. The average molecular weight is 338 g/mol. The Labute approximate surface area is 145 Å². The van der Waals surface area contributed by atoms with E-state index in [0.29, 0.717) is 11.5 Å². The molecule has 2 aliphatic carbocycles. The molecule has 3 atom stereocenters. The monoisotopic (exact) mass is 337 g/mol. The summed E-state index contributed by atoms with van der Waals surface area (Å²) in [5.74, 6) is 2.70. The second-order valence-electron chi connectivity index (χ2n) is 7.35. The summed E-state index contributed by atoms with van der Waals surface area (Å²) in [5, 5.41) is 0. The van der Waals surface area contributed by atoms with Gasteiger partial charge in [-0.05, 0) is 56.8 Å². The number of rotatable bonds is 2. The van der Waals surface area contributed by atoms with Crippen molar-refractivity contribution >= 4 is 12.4 Å². The summed E-state index contributed by atoms with van der Waals surface area (Å²) in [4.78, 5) is 2.61. The Kier molecular flexibility index (Phi) is 4.54. The Morgan fingerprint density at radius 3 is 2.70 bits per heavy atom. The first-order chi connectivity index (χ1) is 10.7. The second-order valence-corrected chi connectivity index (χ2v) is 7.35. The number of methoxy groups -OCH3 is 2. The smallest absolute Gasteiger partial charge is 0.164 e. The van der Waals surface area contributed by atoms with Crippen LogP contribution in [-0.2, 0) is 11.8 Å². The van der Waals surface area contributed by atoms with Gasteiger partial charge in [-0.1, -0.05) is 18.9 Å². The van der Waals surface area contributed by atoms with Crippen molar-refractivity contribution in [3.8, 4) is 11.5 Å². The van der Waals surface area contributed by atoms with Crippen LogP contribution in [0.15, 0.2) is 12.1 Å². The van der Waals surface area contributed by atoms with Crippen LogP contribution in [0.3, 0.4) is 0 Å². The molecule has 128 valence electrons. The summed E-state index contributed by atoms with van der Waals surface area (Å²) in [6, 6.07) is 5.09. The van der Waals surface area contributed by atoms with Crippen LogP contribution in [-0.4, -0.2) is 38.8 Å². The molecule has 4 heteroatoms. The van der Waals surface area contributed by atoms with Gasteiger partial charge < -0.3 is 14.4 Å². The quantitative estimate of drug-likeness (QED) is 0.819. The van der Waals surface area contributed by atoms with Gasteiger partial charge in [0.15, 0.2) is 11.5 Å². The zero-order valence-corrected chi connectivity index (χ0v) is 15.2. The van der Waals surface area contributed by atoms with E-state index >= 15 is 0 Å². The van der Waals surface area contributed by atoms with Gasteiger partial charge in [-0.25, -0.2) is 0 Å². The molecular formula is C19H28ClNO2. The zero-order valence-electron chi connectivity index (χ0n) is 14.4. The third kappa shape index (κ3) is 2.27. The minimum atomic E-state index is 0. The highest BCUT2D eigenvalue weighted by molar-refractivity contribution is 5.85. The van der Waals surface area contributed by atoms with Crippen LogP contribution in [0.5, 0.6) is 11.5 Å². The number of likely N-dealkylation sites (N-methyl/N-ethyl adjacent to an activating group) is 1. The maximum Gasteiger partial charge on any atom is 0.164 e. The number of benzene rings is 1. The molecule has 4 rings (SSSR count). The van der Waals surface area contributed by atoms with E-state index in [9.17, 15) is 0 Å². The van der Waals surface area contributed by atoms with Gasteiger partial charge in [-0.3, -0.25) is 0 Å². The highest BCUT2D eigenvalue weighted by Crippen LogP contribution is 2.59. The van der Waals surface area contributed by atoms with Gasteiger partial charge in [0.05, 0.1) is 14.2 Å². The summed E-state index contributed by atoms with van der Waals surface area (Å²) < 4.78 is 11.5. The Balaban J connectivity index is 0.00000156. The van der Waals surface area contributed by atoms with Gasteiger partial charge in [-0.15, -0.1) is 12.4 Å². The lowest BCUT2D eigenvalue weighted by Crippen LogP contribution is -2.59. The number of nitrogens with zero attached hydrogens (tertiary/aromatic N) is 1. The molecular weight excluding hydrogens is 310 g/mol. The van der Waals surface area contributed by atoms with Crippen LogP contribution in [0.4, 0.5) is 0 Å². The van der Waals surface area contributed by atoms with E-state index in [4.69, 9.17) is 9.47 Å². The van der Waals surface area contributed by atoms with Crippen LogP contribution in [0.1, 0.15) is 43.2 Å². The van der Waals surface area contributed by atoms with E-state index in [0.717, 1.165) is 17.4 Å². The minimum Gasteiger partial charge on any atom is -0.493 e. The summed E-state index contributed by atoms with van der Waals surface area (Å²) >= 11 is 0. The molecule has 1 heterocycles. The van der Waals surface area contributed by atoms with Crippen molar-refractivity contribution in [2.45, 2.75) is 50.0 Å². The fourth-order valence-electron chi connectivity index (χ4n) is 5.63. The molecule has 0 radical (unpaired) electrons. The van der Waals surface area contributed by atoms with Crippen molar-refractivity contribution in [3.63, 3.8) is 0 Å². The SMILES string of the molecule is COc1ccc2c(c1OC)[C@@]13CCCC[C@@H]1[C@@H](C2)N(C)CC3.Cl. The Morgan fingerprint density at radius 1 is 1.13 bits per heavy atom. The first kappa shape index (κ1) is 16.9. The van der Waals surface area contributed by atoms with Gasteiger partial charge in [0, 0.05) is 17.0 Å². The van der Waals surface area contributed by atoms with Crippen molar-refractivity contribution in [2.24, 2.45) is 5.92 Å². The lowest BCUT2D eigenvalue weighted by molar-refractivity contribution is 0.00129. The van der Waals surface area contributed by atoms with Crippen LogP contribution in [0, 0.1) is 5.92 Å². The van der Waals surface area contributed by atoms with E-state index in [2.05, 4.69) is 24.1 Å².